The zero-order chi connectivity index (χ0) is 14.7. The van der Waals surface area contributed by atoms with Gasteiger partial charge in [-0.05, 0) is 30.7 Å². The number of carbonyl (C=O) groups is 2. The molecule has 0 atom stereocenters. The van der Waals surface area contributed by atoms with Crippen LogP contribution in [-0.4, -0.2) is 22.0 Å². The van der Waals surface area contributed by atoms with E-state index >= 15 is 0 Å². The number of aromatic carboxylic acids is 1. The summed E-state index contributed by atoms with van der Waals surface area (Å²) in [6.45, 7) is 1.59. The molecule has 1 aromatic heterocycles. The van der Waals surface area contributed by atoms with Crippen LogP contribution in [0.3, 0.4) is 0 Å². The average Bonchev–Trinajstić information content (AvgIpc) is 2.42. The first-order valence-corrected chi connectivity index (χ1v) is 5.73. The summed E-state index contributed by atoms with van der Waals surface area (Å²) in [4.78, 5) is 26.4. The lowest BCUT2D eigenvalue weighted by molar-refractivity contribution is 0.0696. The first-order chi connectivity index (χ1) is 9.47. The zero-order valence-corrected chi connectivity index (χ0v) is 10.6. The Hall–Kier alpha value is -2.76. The molecule has 0 unspecified atom stereocenters. The number of halogens is 1. The van der Waals surface area contributed by atoms with Gasteiger partial charge in [-0.3, -0.25) is 9.78 Å². The summed E-state index contributed by atoms with van der Waals surface area (Å²) in [6, 6.07) is 5.38. The Morgan fingerprint density at radius 1 is 1.20 bits per heavy atom. The van der Waals surface area contributed by atoms with E-state index in [-0.39, 0.29) is 16.8 Å². The van der Waals surface area contributed by atoms with Crippen molar-refractivity contribution >= 4 is 17.6 Å². The predicted molar refractivity (Wildman–Crippen MR) is 70.3 cm³/mol. The minimum Gasteiger partial charge on any atom is -0.478 e. The van der Waals surface area contributed by atoms with Gasteiger partial charge in [-0.25, -0.2) is 9.18 Å². The first-order valence-electron chi connectivity index (χ1n) is 5.73. The number of benzene rings is 1. The number of nitrogens with one attached hydrogen (secondary N) is 1. The van der Waals surface area contributed by atoms with E-state index in [1.165, 1.54) is 30.6 Å². The fourth-order valence-corrected chi connectivity index (χ4v) is 1.56. The normalized spacial score (nSPS) is 10.1. The maximum absolute atomic E-state index is 13.4. The zero-order valence-electron chi connectivity index (χ0n) is 10.6. The molecule has 0 spiro atoms. The molecule has 0 saturated carbocycles. The lowest BCUT2D eigenvalue weighted by Crippen LogP contribution is -2.13. The summed E-state index contributed by atoms with van der Waals surface area (Å²) in [5.74, 6) is -2.15. The Kier molecular flexibility index (Phi) is 3.74. The molecule has 102 valence electrons. The molecule has 1 heterocycles. The maximum atomic E-state index is 13.4. The van der Waals surface area contributed by atoms with Gasteiger partial charge in [0.15, 0.2) is 0 Å². The van der Waals surface area contributed by atoms with Gasteiger partial charge in [0, 0.05) is 11.8 Å². The highest BCUT2D eigenvalue weighted by Gasteiger charge is 2.10. The first kappa shape index (κ1) is 13.7. The largest absolute Gasteiger partial charge is 0.478 e. The molecule has 0 aliphatic carbocycles. The molecule has 0 fully saturated rings. The number of aromatic nitrogens is 1. The molecule has 2 N–H and O–H groups in total. The van der Waals surface area contributed by atoms with Crippen molar-refractivity contribution in [1.82, 2.24) is 4.98 Å². The smallest absolute Gasteiger partial charge is 0.337 e. The van der Waals surface area contributed by atoms with E-state index in [2.05, 4.69) is 10.3 Å². The molecule has 0 radical (unpaired) electrons. The van der Waals surface area contributed by atoms with Crippen LogP contribution in [0, 0.1) is 12.7 Å². The van der Waals surface area contributed by atoms with Gasteiger partial charge in [0.25, 0.3) is 5.91 Å². The number of carbonyl (C=O) groups excluding carboxylic acids is 1. The topological polar surface area (TPSA) is 79.3 Å². The molecule has 0 bridgehead atoms. The van der Waals surface area contributed by atoms with Crippen molar-refractivity contribution in [2.75, 3.05) is 5.32 Å². The standard InChI is InChI=1S/C14H11FN2O3/c1-8-2-3-9(5-12(8)15)13(18)17-11-4-10(14(19)20)6-16-7-11/h2-7H,1H3,(H,17,18)(H,19,20). The van der Waals surface area contributed by atoms with Crippen molar-refractivity contribution in [2.24, 2.45) is 0 Å². The van der Waals surface area contributed by atoms with Crippen molar-refractivity contribution in [2.45, 2.75) is 6.92 Å². The summed E-state index contributed by atoms with van der Waals surface area (Å²) >= 11 is 0. The Morgan fingerprint density at radius 3 is 2.60 bits per heavy atom. The lowest BCUT2D eigenvalue weighted by atomic mass is 10.1. The monoisotopic (exact) mass is 274 g/mol. The number of aryl methyl sites for hydroxylation is 1. The minimum absolute atomic E-state index is 0.0436. The highest BCUT2D eigenvalue weighted by molar-refractivity contribution is 6.04. The van der Waals surface area contributed by atoms with Crippen LogP contribution in [-0.2, 0) is 0 Å². The van der Waals surface area contributed by atoms with Crippen LogP contribution in [0.1, 0.15) is 26.3 Å². The molecule has 0 aliphatic heterocycles. The Morgan fingerprint density at radius 2 is 1.95 bits per heavy atom. The van der Waals surface area contributed by atoms with Crippen LogP contribution in [0.15, 0.2) is 36.7 Å². The minimum atomic E-state index is -1.14. The molecular weight excluding hydrogens is 263 g/mol. The van der Waals surface area contributed by atoms with E-state index in [0.717, 1.165) is 6.07 Å². The van der Waals surface area contributed by atoms with Crippen molar-refractivity contribution in [3.8, 4) is 0 Å². The number of carboxylic acids is 1. The highest BCUT2D eigenvalue weighted by Crippen LogP contribution is 2.13. The third kappa shape index (κ3) is 2.97. The van der Waals surface area contributed by atoms with Gasteiger partial charge in [0.1, 0.15) is 5.82 Å². The second kappa shape index (κ2) is 5.48. The van der Waals surface area contributed by atoms with Gasteiger partial charge in [-0.15, -0.1) is 0 Å². The summed E-state index contributed by atoms with van der Waals surface area (Å²) in [7, 11) is 0. The molecule has 6 heteroatoms. The number of hydrogen-bond donors (Lipinski definition) is 2. The van der Waals surface area contributed by atoms with Crippen molar-refractivity contribution in [3.63, 3.8) is 0 Å². The van der Waals surface area contributed by atoms with Crippen LogP contribution in [0.2, 0.25) is 0 Å². The van der Waals surface area contributed by atoms with Crippen LogP contribution < -0.4 is 5.32 Å². The van der Waals surface area contributed by atoms with Crippen molar-refractivity contribution in [3.05, 3.63) is 59.2 Å². The maximum Gasteiger partial charge on any atom is 0.337 e. The van der Waals surface area contributed by atoms with Crippen LogP contribution >= 0.6 is 0 Å². The molecule has 1 aromatic carbocycles. The summed E-state index contributed by atoms with van der Waals surface area (Å²) in [5.41, 5.74) is 0.777. The van der Waals surface area contributed by atoms with Gasteiger partial charge in [0.2, 0.25) is 0 Å². The second-order valence-electron chi connectivity index (χ2n) is 4.19. The molecular formula is C14H11FN2O3. The van der Waals surface area contributed by atoms with E-state index in [1.54, 1.807) is 6.92 Å². The molecule has 5 nitrogen and oxygen atoms in total. The number of anilines is 1. The van der Waals surface area contributed by atoms with E-state index in [0.29, 0.717) is 5.56 Å². The summed E-state index contributed by atoms with van der Waals surface area (Å²) in [6.07, 6.45) is 2.48. The third-order valence-corrected chi connectivity index (χ3v) is 2.68. The van der Waals surface area contributed by atoms with Crippen LogP contribution in [0.5, 0.6) is 0 Å². The number of rotatable bonds is 3. The van der Waals surface area contributed by atoms with Gasteiger partial charge >= 0.3 is 5.97 Å². The number of amides is 1. The van der Waals surface area contributed by atoms with E-state index in [9.17, 15) is 14.0 Å². The van der Waals surface area contributed by atoms with Crippen molar-refractivity contribution < 1.29 is 19.1 Å². The SMILES string of the molecule is Cc1ccc(C(=O)Nc2cncc(C(=O)O)c2)cc1F. The summed E-state index contributed by atoms with van der Waals surface area (Å²) in [5, 5.41) is 11.3. The van der Waals surface area contributed by atoms with Gasteiger partial charge < -0.3 is 10.4 Å². The summed E-state index contributed by atoms with van der Waals surface area (Å²) < 4.78 is 13.4. The van der Waals surface area contributed by atoms with E-state index < -0.39 is 17.7 Å². The highest BCUT2D eigenvalue weighted by atomic mass is 19.1. The fourth-order valence-electron chi connectivity index (χ4n) is 1.56. The Bertz CT molecular complexity index is 686. The Balaban J connectivity index is 2.21. The average molecular weight is 274 g/mol. The van der Waals surface area contributed by atoms with Gasteiger partial charge in [0.05, 0.1) is 17.4 Å². The molecule has 2 rings (SSSR count). The molecule has 0 aliphatic rings. The van der Waals surface area contributed by atoms with Gasteiger partial charge in [-0.1, -0.05) is 6.07 Å². The predicted octanol–water partition coefficient (Wildman–Crippen LogP) is 2.48. The van der Waals surface area contributed by atoms with Crippen LogP contribution in [0.4, 0.5) is 10.1 Å². The van der Waals surface area contributed by atoms with Crippen molar-refractivity contribution in [1.29, 1.82) is 0 Å². The molecule has 2 aromatic rings. The van der Waals surface area contributed by atoms with Crippen LogP contribution in [0.25, 0.3) is 0 Å². The molecule has 1 amide bonds. The quantitative estimate of drug-likeness (QED) is 0.901. The molecule has 0 saturated heterocycles. The molecule has 20 heavy (non-hydrogen) atoms. The number of hydrogen-bond acceptors (Lipinski definition) is 3. The number of carboxylic acid groups (broad SMARTS) is 1. The second-order valence-corrected chi connectivity index (χ2v) is 4.19. The third-order valence-electron chi connectivity index (χ3n) is 2.68. The number of nitrogens with zero attached hydrogens (tertiary/aromatic N) is 1. The van der Waals surface area contributed by atoms with E-state index in [1.807, 2.05) is 0 Å². The van der Waals surface area contributed by atoms with E-state index in [4.69, 9.17) is 5.11 Å². The lowest BCUT2D eigenvalue weighted by Gasteiger charge is -2.06. The Labute approximate surface area is 114 Å². The van der Waals surface area contributed by atoms with Gasteiger partial charge in [-0.2, -0.15) is 0 Å². The fraction of sp³-hybridized carbons (Fsp3) is 0.0714. The number of pyridine rings is 1.